The molecule has 4 heteroatoms. The number of rotatable bonds is 3. The van der Waals surface area contributed by atoms with Crippen LogP contribution in [0.5, 0.6) is 0 Å². The molecule has 2 aromatic carbocycles. The van der Waals surface area contributed by atoms with E-state index in [4.69, 9.17) is 4.74 Å². The van der Waals surface area contributed by atoms with Crippen LogP contribution >= 0.6 is 0 Å². The molecule has 0 fully saturated rings. The Balaban J connectivity index is 2.21. The summed E-state index contributed by atoms with van der Waals surface area (Å²) in [6, 6.07) is 16.7. The predicted octanol–water partition coefficient (Wildman–Crippen LogP) is 2.51. The molecule has 0 saturated carbocycles. The van der Waals surface area contributed by atoms with Gasteiger partial charge in [-0.05, 0) is 11.6 Å². The van der Waals surface area contributed by atoms with Gasteiger partial charge in [-0.25, -0.2) is 4.79 Å². The van der Waals surface area contributed by atoms with Gasteiger partial charge in [0.05, 0.1) is 5.57 Å². The third-order valence-electron chi connectivity index (χ3n) is 3.64. The van der Waals surface area contributed by atoms with Crippen LogP contribution in [0.15, 0.2) is 54.6 Å². The molecule has 1 N–H and O–H groups in total. The zero-order chi connectivity index (χ0) is 15.5. The fourth-order valence-electron chi connectivity index (χ4n) is 2.58. The Labute approximate surface area is 128 Å². The molecule has 0 atom stereocenters. The molecule has 3 rings (SSSR count). The average Bonchev–Trinajstić information content (AvgIpc) is 2.96. The van der Waals surface area contributed by atoms with Crippen molar-refractivity contribution in [3.63, 3.8) is 0 Å². The summed E-state index contributed by atoms with van der Waals surface area (Å²) in [7, 11) is 1.57. The molecule has 0 aromatic heterocycles. The Morgan fingerprint density at radius 1 is 1.05 bits per heavy atom. The second-order valence-corrected chi connectivity index (χ2v) is 4.92. The monoisotopic (exact) mass is 293 g/mol. The fourth-order valence-corrected chi connectivity index (χ4v) is 2.58. The molecule has 1 heterocycles. The van der Waals surface area contributed by atoms with Crippen molar-refractivity contribution in [1.82, 2.24) is 5.32 Å². The van der Waals surface area contributed by atoms with E-state index in [-0.39, 0.29) is 12.5 Å². The number of carbonyl (C=O) groups excluding carboxylic acids is 2. The number of carbonyl (C=O) groups is 2. The highest BCUT2D eigenvalue weighted by Gasteiger charge is 2.29. The Bertz CT molecular complexity index is 763. The lowest BCUT2D eigenvalue weighted by Gasteiger charge is -2.09. The van der Waals surface area contributed by atoms with E-state index in [0.717, 1.165) is 11.1 Å². The standard InChI is InChI=1S/C18H15NO3/c1-19-17(20)14-10-6-5-9-13(14)16-15(11-22-18(16)21)12-7-3-2-4-8-12/h2-10H,11H2,1H3,(H,19,20). The summed E-state index contributed by atoms with van der Waals surface area (Å²) >= 11 is 0. The van der Waals surface area contributed by atoms with Crippen molar-refractivity contribution < 1.29 is 14.3 Å². The topological polar surface area (TPSA) is 55.4 Å². The number of esters is 1. The van der Waals surface area contributed by atoms with Gasteiger partial charge in [0.15, 0.2) is 0 Å². The smallest absolute Gasteiger partial charge is 0.339 e. The maximum atomic E-state index is 12.2. The number of nitrogens with one attached hydrogen (secondary N) is 1. The molecule has 0 saturated heterocycles. The van der Waals surface area contributed by atoms with E-state index in [0.29, 0.717) is 16.7 Å². The molecule has 0 spiro atoms. The van der Waals surface area contributed by atoms with E-state index >= 15 is 0 Å². The largest absolute Gasteiger partial charge is 0.457 e. The summed E-state index contributed by atoms with van der Waals surface area (Å²) in [5.41, 5.74) is 3.26. The number of benzene rings is 2. The summed E-state index contributed by atoms with van der Waals surface area (Å²) in [6.45, 7) is 0.222. The van der Waals surface area contributed by atoms with Gasteiger partial charge < -0.3 is 10.1 Å². The van der Waals surface area contributed by atoms with Crippen LogP contribution in [0.25, 0.3) is 11.1 Å². The van der Waals surface area contributed by atoms with Crippen molar-refractivity contribution in [1.29, 1.82) is 0 Å². The van der Waals surface area contributed by atoms with Crippen molar-refractivity contribution in [2.24, 2.45) is 0 Å². The minimum absolute atomic E-state index is 0.222. The van der Waals surface area contributed by atoms with E-state index in [1.54, 1.807) is 25.2 Å². The van der Waals surface area contributed by atoms with E-state index < -0.39 is 5.97 Å². The number of ether oxygens (including phenoxy) is 1. The van der Waals surface area contributed by atoms with Crippen LogP contribution in [0.1, 0.15) is 21.5 Å². The highest BCUT2D eigenvalue weighted by molar-refractivity contribution is 6.29. The van der Waals surface area contributed by atoms with Crippen LogP contribution in [0.3, 0.4) is 0 Å². The van der Waals surface area contributed by atoms with Gasteiger partial charge in [0.2, 0.25) is 0 Å². The van der Waals surface area contributed by atoms with Crippen molar-refractivity contribution >= 4 is 23.0 Å². The summed E-state index contributed by atoms with van der Waals surface area (Å²) in [5, 5.41) is 2.60. The number of amides is 1. The minimum atomic E-state index is -0.393. The predicted molar refractivity (Wildman–Crippen MR) is 84.0 cm³/mol. The van der Waals surface area contributed by atoms with Gasteiger partial charge in [0.25, 0.3) is 5.91 Å². The number of cyclic esters (lactones) is 1. The first kappa shape index (κ1) is 14.1. The zero-order valence-electron chi connectivity index (χ0n) is 12.1. The molecule has 0 radical (unpaired) electrons. The van der Waals surface area contributed by atoms with Crippen LogP contribution in [-0.2, 0) is 9.53 Å². The first-order chi connectivity index (χ1) is 10.7. The second-order valence-electron chi connectivity index (χ2n) is 4.92. The van der Waals surface area contributed by atoms with Crippen LogP contribution in [0.4, 0.5) is 0 Å². The molecule has 4 nitrogen and oxygen atoms in total. The Morgan fingerprint density at radius 2 is 1.73 bits per heavy atom. The van der Waals surface area contributed by atoms with Gasteiger partial charge in [-0.1, -0.05) is 48.5 Å². The van der Waals surface area contributed by atoms with Gasteiger partial charge in [0.1, 0.15) is 6.61 Å². The first-order valence-corrected chi connectivity index (χ1v) is 6.99. The lowest BCUT2D eigenvalue weighted by molar-refractivity contribution is -0.133. The molecule has 1 amide bonds. The van der Waals surface area contributed by atoms with E-state index in [1.807, 2.05) is 36.4 Å². The van der Waals surface area contributed by atoms with Crippen LogP contribution in [0, 0.1) is 0 Å². The summed E-state index contributed by atoms with van der Waals surface area (Å²) < 4.78 is 5.21. The van der Waals surface area contributed by atoms with Crippen LogP contribution < -0.4 is 5.32 Å². The Morgan fingerprint density at radius 3 is 2.45 bits per heavy atom. The van der Waals surface area contributed by atoms with E-state index in [9.17, 15) is 9.59 Å². The maximum absolute atomic E-state index is 12.2. The Kier molecular flexibility index (Phi) is 3.74. The fraction of sp³-hybridized carbons (Fsp3) is 0.111. The van der Waals surface area contributed by atoms with Gasteiger partial charge in [0, 0.05) is 23.7 Å². The molecule has 0 aliphatic carbocycles. The molecule has 1 aliphatic heterocycles. The quantitative estimate of drug-likeness (QED) is 0.885. The number of hydrogen-bond acceptors (Lipinski definition) is 3. The lowest BCUT2D eigenvalue weighted by atomic mass is 9.93. The van der Waals surface area contributed by atoms with E-state index in [2.05, 4.69) is 5.32 Å². The third-order valence-corrected chi connectivity index (χ3v) is 3.64. The summed E-state index contributed by atoms with van der Waals surface area (Å²) in [6.07, 6.45) is 0. The highest BCUT2D eigenvalue weighted by atomic mass is 16.5. The summed E-state index contributed by atoms with van der Waals surface area (Å²) in [4.78, 5) is 24.3. The number of hydrogen-bond donors (Lipinski definition) is 1. The zero-order valence-corrected chi connectivity index (χ0v) is 12.1. The molecule has 1 aliphatic rings. The second kappa shape index (κ2) is 5.85. The van der Waals surface area contributed by atoms with Crippen LogP contribution in [-0.4, -0.2) is 25.5 Å². The van der Waals surface area contributed by atoms with Gasteiger partial charge in [-0.15, -0.1) is 0 Å². The van der Waals surface area contributed by atoms with Gasteiger partial charge in [-0.2, -0.15) is 0 Å². The third kappa shape index (κ3) is 2.39. The molecule has 110 valence electrons. The normalized spacial score (nSPS) is 14.0. The molecular formula is C18H15NO3. The lowest BCUT2D eigenvalue weighted by Crippen LogP contribution is -2.20. The van der Waals surface area contributed by atoms with Crippen molar-refractivity contribution in [2.75, 3.05) is 13.7 Å². The molecule has 22 heavy (non-hydrogen) atoms. The molecule has 2 aromatic rings. The van der Waals surface area contributed by atoms with E-state index in [1.165, 1.54) is 0 Å². The average molecular weight is 293 g/mol. The SMILES string of the molecule is CNC(=O)c1ccccc1C1=C(c2ccccc2)COC1=O. The Hall–Kier alpha value is -2.88. The highest BCUT2D eigenvalue weighted by Crippen LogP contribution is 2.34. The van der Waals surface area contributed by atoms with Gasteiger partial charge in [-0.3, -0.25) is 4.79 Å². The molecule has 0 bridgehead atoms. The maximum Gasteiger partial charge on any atom is 0.339 e. The van der Waals surface area contributed by atoms with Crippen molar-refractivity contribution in [3.05, 3.63) is 71.3 Å². The summed E-state index contributed by atoms with van der Waals surface area (Å²) in [5.74, 6) is -0.620. The molecular weight excluding hydrogens is 278 g/mol. The van der Waals surface area contributed by atoms with Gasteiger partial charge >= 0.3 is 5.97 Å². The minimum Gasteiger partial charge on any atom is -0.457 e. The van der Waals surface area contributed by atoms with Crippen molar-refractivity contribution in [2.45, 2.75) is 0 Å². The van der Waals surface area contributed by atoms with Crippen molar-refractivity contribution in [3.8, 4) is 0 Å². The molecule has 0 unspecified atom stereocenters. The first-order valence-electron chi connectivity index (χ1n) is 6.99. The van der Waals surface area contributed by atoms with Crippen LogP contribution in [0.2, 0.25) is 0 Å².